The second-order valence-corrected chi connectivity index (χ2v) is 12.0. The molecule has 2 aliphatic rings. The highest BCUT2D eigenvalue weighted by Gasteiger charge is 2.32. The van der Waals surface area contributed by atoms with Gasteiger partial charge in [0.05, 0.1) is 10.6 Å². The van der Waals surface area contributed by atoms with Gasteiger partial charge in [-0.15, -0.1) is 0 Å². The van der Waals surface area contributed by atoms with Gasteiger partial charge in [-0.1, -0.05) is 24.3 Å². The highest BCUT2D eigenvalue weighted by Crippen LogP contribution is 2.26. The number of aromatic nitrogens is 2. The van der Waals surface area contributed by atoms with Crippen LogP contribution in [0, 0.1) is 0 Å². The quantitative estimate of drug-likeness (QED) is 0.303. The molecule has 4 N–H and O–H groups in total. The second-order valence-electron chi connectivity index (χ2n) is 10.1. The molecule has 206 valence electrons. The number of nitrogens with one attached hydrogen (secondary N) is 4. The van der Waals surface area contributed by atoms with Gasteiger partial charge in [0.1, 0.15) is 0 Å². The van der Waals surface area contributed by atoms with E-state index in [9.17, 15) is 8.42 Å². The van der Waals surface area contributed by atoms with Crippen LogP contribution in [0.25, 0.3) is 12.2 Å². The molecule has 3 aromatic rings. The molecular formula is C28H36N8O2S. The van der Waals surface area contributed by atoms with Gasteiger partial charge in [-0.25, -0.2) is 23.8 Å². The van der Waals surface area contributed by atoms with Crippen molar-refractivity contribution in [3.63, 3.8) is 0 Å². The fraction of sp³-hybridized carbons (Fsp3) is 0.357. The second kappa shape index (κ2) is 12.2. The number of hydrogen-bond donors (Lipinski definition) is 4. The van der Waals surface area contributed by atoms with Gasteiger partial charge in [-0.05, 0) is 81.5 Å². The molecule has 0 atom stereocenters. The van der Waals surface area contributed by atoms with Crippen molar-refractivity contribution in [2.24, 2.45) is 0 Å². The third kappa shape index (κ3) is 6.63. The first kappa shape index (κ1) is 27.2. The van der Waals surface area contributed by atoms with Gasteiger partial charge in [0, 0.05) is 49.3 Å². The summed E-state index contributed by atoms with van der Waals surface area (Å²) in [5.74, 6) is 0.444. The maximum absolute atomic E-state index is 13.6. The number of sulfonamides is 1. The Hall–Kier alpha value is -3.35. The van der Waals surface area contributed by atoms with Gasteiger partial charge in [-0.2, -0.15) is 4.31 Å². The van der Waals surface area contributed by atoms with Gasteiger partial charge in [-0.3, -0.25) is 0 Å². The van der Waals surface area contributed by atoms with Crippen molar-refractivity contribution in [2.75, 3.05) is 51.0 Å². The molecule has 2 aliphatic heterocycles. The lowest BCUT2D eigenvalue weighted by molar-refractivity contribution is 0.240. The third-order valence-corrected chi connectivity index (χ3v) is 8.99. The topological polar surface area (TPSA) is 115 Å². The number of benzene rings is 2. The smallest absolute Gasteiger partial charge is 0.243 e. The number of rotatable bonds is 10. The van der Waals surface area contributed by atoms with Crippen LogP contribution < -0.4 is 21.5 Å². The van der Waals surface area contributed by atoms with Gasteiger partial charge >= 0.3 is 0 Å². The lowest BCUT2D eigenvalue weighted by atomic mass is 10.1. The monoisotopic (exact) mass is 548 g/mol. The van der Waals surface area contributed by atoms with E-state index < -0.39 is 10.0 Å². The molecule has 0 bridgehead atoms. The average Bonchev–Trinajstić information content (AvgIpc) is 3.43. The molecule has 0 saturated carbocycles. The number of fused-ring (bicyclic) bond motifs is 1. The first-order valence-corrected chi connectivity index (χ1v) is 14.7. The van der Waals surface area contributed by atoms with E-state index in [0.717, 1.165) is 55.0 Å². The number of likely N-dealkylation sites (N-methyl/N-ethyl adjacent to an activating group) is 1. The van der Waals surface area contributed by atoms with Crippen molar-refractivity contribution in [3.8, 4) is 0 Å². The summed E-state index contributed by atoms with van der Waals surface area (Å²) in [4.78, 5) is 11.2. The first-order valence-electron chi connectivity index (χ1n) is 13.3. The molecule has 39 heavy (non-hydrogen) atoms. The van der Waals surface area contributed by atoms with Crippen LogP contribution >= 0.6 is 0 Å². The number of anilines is 3. The van der Waals surface area contributed by atoms with E-state index >= 15 is 0 Å². The summed E-state index contributed by atoms with van der Waals surface area (Å²) in [7, 11) is 0.301. The fourth-order valence-electron chi connectivity index (χ4n) is 4.84. The predicted octanol–water partition coefficient (Wildman–Crippen LogP) is 3.12. The van der Waals surface area contributed by atoms with Crippen molar-refractivity contribution in [1.82, 2.24) is 29.9 Å². The van der Waals surface area contributed by atoms with Gasteiger partial charge in [0.15, 0.2) is 0 Å². The van der Waals surface area contributed by atoms with Gasteiger partial charge in [0.2, 0.25) is 16.0 Å². The lowest BCUT2D eigenvalue weighted by Gasteiger charge is -2.34. The van der Waals surface area contributed by atoms with Crippen molar-refractivity contribution < 1.29 is 8.42 Å². The predicted molar refractivity (Wildman–Crippen MR) is 156 cm³/mol. The molecular weight excluding hydrogens is 512 g/mol. The number of hydrogen-bond acceptors (Lipinski definition) is 9. The summed E-state index contributed by atoms with van der Waals surface area (Å²) in [6.07, 6.45) is 9.19. The van der Waals surface area contributed by atoms with Crippen LogP contribution in [-0.4, -0.2) is 73.9 Å². The normalized spacial score (nSPS) is 16.1. The van der Waals surface area contributed by atoms with Crippen LogP contribution in [-0.2, 0) is 16.6 Å². The average molecular weight is 549 g/mol. The van der Waals surface area contributed by atoms with Crippen molar-refractivity contribution in [2.45, 2.75) is 30.3 Å². The standard InChI is InChI=1S/C28H36N8O2S/c1-35(2)16-17-36(24-12-14-29-15-13-24)39(37,38)25-10-8-23(9-11-25)33-28-30-18-21(19-31-28)6-7-22-4-3-5-27-26(22)20-32-34-27/h3-11,18-19,24,29,32,34H,12-17,20H2,1-2H3,(H,30,31,33)/b7-6+. The molecule has 0 amide bonds. The minimum Gasteiger partial charge on any atom is -0.324 e. The van der Waals surface area contributed by atoms with Crippen LogP contribution in [0.3, 0.4) is 0 Å². The Bertz CT molecular complexity index is 1390. The molecule has 5 rings (SSSR count). The summed E-state index contributed by atoms with van der Waals surface area (Å²) in [5.41, 5.74) is 11.4. The Morgan fingerprint density at radius 1 is 1.00 bits per heavy atom. The molecule has 11 heteroatoms. The Morgan fingerprint density at radius 2 is 1.74 bits per heavy atom. The molecule has 0 aliphatic carbocycles. The van der Waals surface area contributed by atoms with E-state index in [2.05, 4.69) is 43.6 Å². The Balaban J connectivity index is 1.24. The molecule has 0 unspecified atom stereocenters. The Labute approximate surface area is 230 Å². The molecule has 3 heterocycles. The zero-order valence-electron chi connectivity index (χ0n) is 22.4. The van der Waals surface area contributed by atoms with E-state index in [1.807, 2.05) is 37.2 Å². The lowest BCUT2D eigenvalue weighted by Crippen LogP contribution is -2.48. The Morgan fingerprint density at radius 3 is 2.46 bits per heavy atom. The van der Waals surface area contributed by atoms with Crippen molar-refractivity contribution >= 4 is 39.5 Å². The summed E-state index contributed by atoms with van der Waals surface area (Å²) >= 11 is 0. The van der Waals surface area contributed by atoms with Crippen molar-refractivity contribution in [3.05, 3.63) is 71.5 Å². The molecule has 0 spiro atoms. The number of piperidine rings is 1. The minimum absolute atomic E-state index is 0.00566. The fourth-order valence-corrected chi connectivity index (χ4v) is 6.52. The number of hydrazine groups is 1. The van der Waals surface area contributed by atoms with E-state index in [-0.39, 0.29) is 6.04 Å². The number of nitrogens with zero attached hydrogens (tertiary/aromatic N) is 4. The van der Waals surface area contributed by atoms with E-state index in [1.165, 1.54) is 5.56 Å². The zero-order valence-corrected chi connectivity index (χ0v) is 23.2. The summed E-state index contributed by atoms with van der Waals surface area (Å²) < 4.78 is 28.9. The highest BCUT2D eigenvalue weighted by atomic mass is 32.2. The maximum Gasteiger partial charge on any atom is 0.243 e. The first-order chi connectivity index (χ1) is 18.9. The van der Waals surface area contributed by atoms with Gasteiger partial charge < -0.3 is 21.0 Å². The van der Waals surface area contributed by atoms with Crippen molar-refractivity contribution in [1.29, 1.82) is 0 Å². The molecule has 1 aromatic heterocycles. The minimum atomic E-state index is -3.62. The summed E-state index contributed by atoms with van der Waals surface area (Å²) in [6.45, 7) is 3.59. The molecule has 0 radical (unpaired) electrons. The van der Waals surface area contributed by atoms with Crippen LogP contribution in [0.4, 0.5) is 17.3 Å². The summed E-state index contributed by atoms with van der Waals surface area (Å²) in [5, 5.41) is 6.49. The molecule has 1 saturated heterocycles. The van der Waals surface area contributed by atoms with Crippen LogP contribution in [0.15, 0.2) is 59.8 Å². The molecule has 10 nitrogen and oxygen atoms in total. The van der Waals surface area contributed by atoms with Crippen LogP contribution in [0.1, 0.15) is 29.5 Å². The largest absolute Gasteiger partial charge is 0.324 e. The van der Waals surface area contributed by atoms with Gasteiger partial charge in [0.25, 0.3) is 0 Å². The van der Waals surface area contributed by atoms with E-state index in [0.29, 0.717) is 23.9 Å². The van der Waals surface area contributed by atoms with E-state index in [1.54, 1.807) is 41.0 Å². The maximum atomic E-state index is 13.6. The molecule has 1 fully saturated rings. The van der Waals surface area contributed by atoms with Crippen LogP contribution in [0.5, 0.6) is 0 Å². The van der Waals surface area contributed by atoms with Crippen LogP contribution in [0.2, 0.25) is 0 Å². The highest BCUT2D eigenvalue weighted by molar-refractivity contribution is 7.89. The molecule has 2 aromatic carbocycles. The Kier molecular flexibility index (Phi) is 8.53. The summed E-state index contributed by atoms with van der Waals surface area (Å²) in [6, 6.07) is 13.0. The van der Waals surface area contributed by atoms with E-state index in [4.69, 9.17) is 0 Å². The third-order valence-electron chi connectivity index (χ3n) is 7.03. The SMILES string of the molecule is CN(C)CCN(C1CCNCC1)S(=O)(=O)c1ccc(Nc2ncc(/C=C/c3cccc4c3CNN4)cn2)cc1. The zero-order chi connectivity index (χ0) is 27.2.